The molecule has 2 heterocycles. The summed E-state index contributed by atoms with van der Waals surface area (Å²) >= 11 is 0. The minimum absolute atomic E-state index is 0.0371. The smallest absolute Gasteiger partial charge is 0.276 e. The Kier molecular flexibility index (Phi) is 3.02. The van der Waals surface area contributed by atoms with E-state index < -0.39 is 0 Å². The van der Waals surface area contributed by atoms with E-state index in [1.807, 2.05) is 11.0 Å². The van der Waals surface area contributed by atoms with Crippen molar-refractivity contribution >= 4 is 5.91 Å². The van der Waals surface area contributed by atoms with Crippen molar-refractivity contribution in [3.8, 4) is 0 Å². The molecule has 3 aliphatic rings. The highest BCUT2D eigenvalue weighted by Crippen LogP contribution is 2.40. The predicted molar refractivity (Wildman–Crippen MR) is 71.5 cm³/mol. The summed E-state index contributed by atoms with van der Waals surface area (Å²) in [7, 11) is 0. The van der Waals surface area contributed by atoms with Crippen LogP contribution in [0.1, 0.15) is 54.3 Å². The van der Waals surface area contributed by atoms with Gasteiger partial charge in [0.25, 0.3) is 5.91 Å². The zero-order valence-corrected chi connectivity index (χ0v) is 11.6. The highest BCUT2D eigenvalue weighted by Gasteiger charge is 2.37. The number of amides is 1. The molecule has 1 aliphatic heterocycles. The molecular weight excluding hydrogens is 256 g/mol. The summed E-state index contributed by atoms with van der Waals surface area (Å²) in [5.41, 5.74) is 0.484. The molecule has 3 fully saturated rings. The summed E-state index contributed by atoms with van der Waals surface area (Å²) in [5, 5.41) is 3.99. The van der Waals surface area contributed by atoms with Crippen molar-refractivity contribution in [3.63, 3.8) is 0 Å². The fourth-order valence-corrected chi connectivity index (χ4v) is 2.89. The monoisotopic (exact) mass is 276 g/mol. The molecule has 5 heteroatoms. The zero-order chi connectivity index (χ0) is 13.5. The van der Waals surface area contributed by atoms with Crippen molar-refractivity contribution in [1.82, 2.24) is 10.1 Å². The third-order valence-electron chi connectivity index (χ3n) is 4.45. The van der Waals surface area contributed by atoms with Gasteiger partial charge in [0, 0.05) is 37.1 Å². The largest absolute Gasteiger partial charge is 0.381 e. The Hall–Kier alpha value is -1.36. The van der Waals surface area contributed by atoms with E-state index >= 15 is 0 Å². The maximum Gasteiger partial charge on any atom is 0.276 e. The van der Waals surface area contributed by atoms with Crippen LogP contribution < -0.4 is 0 Å². The van der Waals surface area contributed by atoms with Crippen LogP contribution >= 0.6 is 0 Å². The molecular formula is C15H20N2O3. The van der Waals surface area contributed by atoms with Crippen molar-refractivity contribution in [1.29, 1.82) is 0 Å². The van der Waals surface area contributed by atoms with E-state index in [1.165, 1.54) is 0 Å². The van der Waals surface area contributed by atoms with Gasteiger partial charge < -0.3 is 14.2 Å². The molecule has 0 bridgehead atoms. The fraction of sp³-hybridized carbons (Fsp3) is 0.733. The molecule has 1 atom stereocenters. The Morgan fingerprint density at radius 1 is 1.30 bits per heavy atom. The van der Waals surface area contributed by atoms with Crippen molar-refractivity contribution in [2.24, 2.45) is 5.92 Å². The maximum atomic E-state index is 12.6. The Balaban J connectivity index is 1.47. The SMILES string of the molecule is O=C(c1cc(C2CC2)on1)N(C[C@@H]1CCOC1)C1CC1. The van der Waals surface area contributed by atoms with Gasteiger partial charge in [-0.15, -0.1) is 0 Å². The molecule has 1 aromatic rings. The zero-order valence-electron chi connectivity index (χ0n) is 11.6. The van der Waals surface area contributed by atoms with Gasteiger partial charge in [0.15, 0.2) is 5.69 Å². The van der Waals surface area contributed by atoms with Crippen LogP contribution in [0.4, 0.5) is 0 Å². The lowest BCUT2D eigenvalue weighted by atomic mass is 10.1. The number of ether oxygens (including phenoxy) is 1. The van der Waals surface area contributed by atoms with E-state index in [0.717, 1.165) is 57.6 Å². The fourth-order valence-electron chi connectivity index (χ4n) is 2.89. The van der Waals surface area contributed by atoms with Crippen molar-refractivity contribution in [2.75, 3.05) is 19.8 Å². The molecule has 0 N–H and O–H groups in total. The Bertz CT molecular complexity index is 499. The Morgan fingerprint density at radius 3 is 2.80 bits per heavy atom. The van der Waals surface area contributed by atoms with Crippen LogP contribution in [-0.2, 0) is 4.74 Å². The molecule has 4 rings (SSSR count). The molecule has 0 unspecified atom stereocenters. The molecule has 2 aliphatic carbocycles. The standard InChI is InChI=1S/C15H20N2O3/c18-15(13-7-14(20-16-13)11-1-2-11)17(12-3-4-12)8-10-5-6-19-9-10/h7,10-12H,1-6,8-9H2/t10-/m0/s1. The number of hydrogen-bond acceptors (Lipinski definition) is 4. The second-order valence-corrected chi connectivity index (χ2v) is 6.31. The summed E-state index contributed by atoms with van der Waals surface area (Å²) in [6.45, 7) is 2.41. The predicted octanol–water partition coefficient (Wildman–Crippen LogP) is 2.19. The maximum absolute atomic E-state index is 12.6. The summed E-state index contributed by atoms with van der Waals surface area (Å²) < 4.78 is 10.7. The molecule has 1 amide bonds. The minimum Gasteiger partial charge on any atom is -0.381 e. The van der Waals surface area contributed by atoms with Gasteiger partial charge in [0.05, 0.1) is 6.61 Å². The van der Waals surface area contributed by atoms with E-state index in [9.17, 15) is 4.79 Å². The Morgan fingerprint density at radius 2 is 2.15 bits per heavy atom. The molecule has 0 aromatic carbocycles. The molecule has 2 saturated carbocycles. The number of nitrogens with zero attached hydrogens (tertiary/aromatic N) is 2. The van der Waals surface area contributed by atoms with Crippen LogP contribution in [0.5, 0.6) is 0 Å². The number of rotatable bonds is 5. The summed E-state index contributed by atoms with van der Waals surface area (Å²) in [6, 6.07) is 2.25. The average molecular weight is 276 g/mol. The van der Waals surface area contributed by atoms with Crippen LogP contribution in [0.25, 0.3) is 0 Å². The highest BCUT2D eigenvalue weighted by atomic mass is 16.5. The van der Waals surface area contributed by atoms with Crippen LogP contribution in [-0.4, -0.2) is 41.8 Å². The quantitative estimate of drug-likeness (QED) is 0.827. The van der Waals surface area contributed by atoms with E-state index in [2.05, 4.69) is 5.16 Å². The van der Waals surface area contributed by atoms with Gasteiger partial charge in [-0.05, 0) is 32.1 Å². The van der Waals surface area contributed by atoms with Gasteiger partial charge in [-0.1, -0.05) is 5.16 Å². The first-order valence-corrected chi connectivity index (χ1v) is 7.66. The molecule has 0 radical (unpaired) electrons. The number of hydrogen-bond donors (Lipinski definition) is 0. The van der Waals surface area contributed by atoms with E-state index in [-0.39, 0.29) is 5.91 Å². The molecule has 1 aromatic heterocycles. The number of carbonyl (C=O) groups is 1. The van der Waals surface area contributed by atoms with E-state index in [1.54, 1.807) is 0 Å². The van der Waals surface area contributed by atoms with Gasteiger partial charge in [-0.3, -0.25) is 4.79 Å². The number of carbonyl (C=O) groups excluding carboxylic acids is 1. The molecule has 0 spiro atoms. The Labute approximate surface area is 118 Å². The van der Waals surface area contributed by atoms with Gasteiger partial charge in [-0.2, -0.15) is 0 Å². The third kappa shape index (κ3) is 2.46. The van der Waals surface area contributed by atoms with Crippen LogP contribution in [0.15, 0.2) is 10.6 Å². The lowest BCUT2D eigenvalue weighted by Gasteiger charge is -2.24. The van der Waals surface area contributed by atoms with Crippen LogP contribution in [0.2, 0.25) is 0 Å². The van der Waals surface area contributed by atoms with Crippen LogP contribution in [0, 0.1) is 5.92 Å². The van der Waals surface area contributed by atoms with Gasteiger partial charge >= 0.3 is 0 Å². The van der Waals surface area contributed by atoms with Crippen molar-refractivity contribution < 1.29 is 14.1 Å². The second-order valence-electron chi connectivity index (χ2n) is 6.31. The first kappa shape index (κ1) is 12.4. The first-order chi connectivity index (χ1) is 9.81. The van der Waals surface area contributed by atoms with Crippen LogP contribution in [0.3, 0.4) is 0 Å². The third-order valence-corrected chi connectivity index (χ3v) is 4.45. The van der Waals surface area contributed by atoms with Crippen molar-refractivity contribution in [3.05, 3.63) is 17.5 Å². The number of aromatic nitrogens is 1. The first-order valence-electron chi connectivity index (χ1n) is 7.66. The van der Waals surface area contributed by atoms with Gasteiger partial charge in [0.2, 0.25) is 0 Å². The second kappa shape index (κ2) is 4.88. The summed E-state index contributed by atoms with van der Waals surface area (Å²) in [4.78, 5) is 14.6. The lowest BCUT2D eigenvalue weighted by molar-refractivity contribution is 0.0695. The van der Waals surface area contributed by atoms with Gasteiger partial charge in [0.1, 0.15) is 5.76 Å². The molecule has 1 saturated heterocycles. The normalized spacial score (nSPS) is 25.9. The van der Waals surface area contributed by atoms with Crippen molar-refractivity contribution in [2.45, 2.75) is 44.1 Å². The summed E-state index contributed by atoms with van der Waals surface area (Å²) in [6.07, 6.45) is 5.62. The topological polar surface area (TPSA) is 55.6 Å². The summed E-state index contributed by atoms with van der Waals surface area (Å²) in [5.74, 6) is 1.90. The molecule has 20 heavy (non-hydrogen) atoms. The van der Waals surface area contributed by atoms with E-state index in [4.69, 9.17) is 9.26 Å². The highest BCUT2D eigenvalue weighted by molar-refractivity contribution is 5.92. The lowest BCUT2D eigenvalue weighted by Crippen LogP contribution is -2.37. The molecule has 5 nitrogen and oxygen atoms in total. The minimum atomic E-state index is 0.0371. The molecule has 108 valence electrons. The van der Waals surface area contributed by atoms with Gasteiger partial charge in [-0.25, -0.2) is 0 Å². The van der Waals surface area contributed by atoms with E-state index in [0.29, 0.717) is 23.6 Å². The average Bonchev–Trinajstić information content (AvgIpc) is 3.39.